The van der Waals surface area contributed by atoms with Crippen LogP contribution in [0.25, 0.3) is 0 Å². The van der Waals surface area contributed by atoms with E-state index in [4.69, 9.17) is 15.7 Å². The molecule has 1 aliphatic carbocycles. The Bertz CT molecular complexity index is 324. The van der Waals surface area contributed by atoms with Crippen molar-refractivity contribution in [3.63, 3.8) is 0 Å². The van der Waals surface area contributed by atoms with Crippen molar-refractivity contribution >= 4 is 11.7 Å². The van der Waals surface area contributed by atoms with Crippen LogP contribution in [-0.2, 0) is 9.53 Å². The third-order valence-corrected chi connectivity index (χ3v) is 3.77. The summed E-state index contributed by atoms with van der Waals surface area (Å²) in [5.41, 5.74) is 5.13. The van der Waals surface area contributed by atoms with E-state index in [2.05, 4.69) is 10.5 Å². The van der Waals surface area contributed by atoms with Gasteiger partial charge in [-0.2, -0.15) is 0 Å². The first-order valence-corrected chi connectivity index (χ1v) is 7.51. The van der Waals surface area contributed by atoms with Gasteiger partial charge in [0.25, 0.3) is 0 Å². The number of nitrogens with two attached hydrogens (primary N) is 1. The first kappa shape index (κ1) is 16.8. The fourth-order valence-corrected chi connectivity index (χ4v) is 2.66. The van der Waals surface area contributed by atoms with E-state index in [1.807, 2.05) is 6.92 Å². The molecule has 0 radical (unpaired) electrons. The molecule has 4 N–H and O–H groups in total. The molecule has 1 amide bonds. The van der Waals surface area contributed by atoms with Crippen LogP contribution in [0.5, 0.6) is 0 Å². The molecule has 1 aliphatic rings. The average molecular weight is 285 g/mol. The second-order valence-corrected chi connectivity index (χ2v) is 5.44. The molecule has 0 aromatic rings. The summed E-state index contributed by atoms with van der Waals surface area (Å²) in [5.74, 6) is -0.103. The van der Waals surface area contributed by atoms with Crippen LogP contribution in [-0.4, -0.2) is 35.7 Å². The standard InChI is InChI=1S/C14H27N3O3/c1-2-10-20-11-12(18)16-14(13(15)17-19)8-6-4-3-5-7-9-14/h19H,2-11H2,1H3,(H2,15,17)(H,16,18). The number of amidine groups is 1. The van der Waals surface area contributed by atoms with Crippen LogP contribution >= 0.6 is 0 Å². The van der Waals surface area contributed by atoms with Crippen molar-refractivity contribution in [1.82, 2.24) is 5.32 Å². The lowest BCUT2D eigenvalue weighted by Gasteiger charge is -2.35. The number of hydrogen-bond acceptors (Lipinski definition) is 4. The number of oxime groups is 1. The maximum atomic E-state index is 12.0. The number of carbonyl (C=O) groups excluding carboxylic acids is 1. The molecular weight excluding hydrogens is 258 g/mol. The number of nitrogens with zero attached hydrogens (tertiary/aromatic N) is 1. The summed E-state index contributed by atoms with van der Waals surface area (Å²) >= 11 is 0. The summed E-state index contributed by atoms with van der Waals surface area (Å²) in [5, 5.41) is 15.1. The number of nitrogens with one attached hydrogen (secondary N) is 1. The first-order chi connectivity index (χ1) is 9.64. The zero-order valence-electron chi connectivity index (χ0n) is 12.4. The monoisotopic (exact) mass is 285 g/mol. The normalized spacial score (nSPS) is 19.9. The Balaban J connectivity index is 2.69. The second kappa shape index (κ2) is 8.79. The van der Waals surface area contributed by atoms with Crippen LogP contribution in [0.1, 0.15) is 58.3 Å². The van der Waals surface area contributed by atoms with Gasteiger partial charge in [-0.25, -0.2) is 0 Å². The molecule has 0 saturated heterocycles. The van der Waals surface area contributed by atoms with Crippen molar-refractivity contribution in [1.29, 1.82) is 0 Å². The highest BCUT2D eigenvalue weighted by molar-refractivity contribution is 5.94. The van der Waals surface area contributed by atoms with Crippen molar-refractivity contribution in [2.45, 2.75) is 63.8 Å². The van der Waals surface area contributed by atoms with E-state index in [-0.39, 0.29) is 18.3 Å². The molecule has 0 aliphatic heterocycles. The molecule has 6 nitrogen and oxygen atoms in total. The lowest BCUT2D eigenvalue weighted by atomic mass is 9.83. The van der Waals surface area contributed by atoms with Gasteiger partial charge >= 0.3 is 0 Å². The smallest absolute Gasteiger partial charge is 0.246 e. The highest BCUT2D eigenvalue weighted by Gasteiger charge is 2.36. The summed E-state index contributed by atoms with van der Waals surface area (Å²) in [4.78, 5) is 12.0. The van der Waals surface area contributed by atoms with Crippen molar-refractivity contribution in [2.24, 2.45) is 10.9 Å². The largest absolute Gasteiger partial charge is 0.409 e. The molecule has 1 fully saturated rings. The Morgan fingerprint density at radius 2 is 1.90 bits per heavy atom. The summed E-state index contributed by atoms with van der Waals surface area (Å²) in [6.45, 7) is 2.57. The van der Waals surface area contributed by atoms with Gasteiger partial charge in [0.05, 0.1) is 0 Å². The summed E-state index contributed by atoms with van der Waals surface area (Å²) in [7, 11) is 0. The maximum Gasteiger partial charge on any atom is 0.246 e. The Morgan fingerprint density at radius 3 is 2.45 bits per heavy atom. The van der Waals surface area contributed by atoms with Gasteiger partial charge in [-0.1, -0.05) is 44.2 Å². The summed E-state index contributed by atoms with van der Waals surface area (Å²) in [6.07, 6.45) is 7.66. The molecule has 0 spiro atoms. The topological polar surface area (TPSA) is 96.9 Å². The number of rotatable bonds is 6. The Morgan fingerprint density at radius 1 is 1.30 bits per heavy atom. The van der Waals surface area contributed by atoms with E-state index in [1.54, 1.807) is 0 Å². The molecule has 0 heterocycles. The quantitative estimate of drug-likeness (QED) is 0.228. The second-order valence-electron chi connectivity index (χ2n) is 5.44. The van der Waals surface area contributed by atoms with Gasteiger partial charge in [0.2, 0.25) is 5.91 Å². The molecule has 0 bridgehead atoms. The molecular formula is C14H27N3O3. The lowest BCUT2D eigenvalue weighted by Crippen LogP contribution is -2.58. The molecule has 0 aromatic heterocycles. The molecule has 20 heavy (non-hydrogen) atoms. The van der Waals surface area contributed by atoms with E-state index < -0.39 is 5.54 Å². The molecule has 1 saturated carbocycles. The van der Waals surface area contributed by atoms with Crippen LogP contribution < -0.4 is 11.1 Å². The SMILES string of the molecule is CCCOCC(=O)NC1(C(N)=NO)CCCCCCC1. The Kier molecular flexibility index (Phi) is 7.36. The summed E-state index contributed by atoms with van der Waals surface area (Å²) < 4.78 is 5.25. The van der Waals surface area contributed by atoms with Gasteiger partial charge in [0.1, 0.15) is 12.1 Å². The lowest BCUT2D eigenvalue weighted by molar-refractivity contribution is -0.127. The van der Waals surface area contributed by atoms with Gasteiger partial charge in [-0.3, -0.25) is 4.79 Å². The minimum Gasteiger partial charge on any atom is -0.409 e. The van der Waals surface area contributed by atoms with Crippen LogP contribution in [0.15, 0.2) is 5.16 Å². The fourth-order valence-electron chi connectivity index (χ4n) is 2.66. The van der Waals surface area contributed by atoms with Crippen LogP contribution in [0, 0.1) is 0 Å². The van der Waals surface area contributed by atoms with Gasteiger partial charge in [0.15, 0.2) is 5.84 Å². The third-order valence-electron chi connectivity index (χ3n) is 3.77. The average Bonchev–Trinajstić information content (AvgIpc) is 2.41. The van der Waals surface area contributed by atoms with Crippen LogP contribution in [0.4, 0.5) is 0 Å². The molecule has 116 valence electrons. The first-order valence-electron chi connectivity index (χ1n) is 7.51. The van der Waals surface area contributed by atoms with Gasteiger partial charge in [-0.15, -0.1) is 0 Å². The van der Waals surface area contributed by atoms with Crippen molar-refractivity contribution < 1.29 is 14.7 Å². The van der Waals surface area contributed by atoms with Crippen molar-refractivity contribution in [2.75, 3.05) is 13.2 Å². The zero-order chi connectivity index (χ0) is 14.8. The number of ether oxygens (including phenoxy) is 1. The number of hydrogen-bond donors (Lipinski definition) is 3. The fraction of sp³-hybridized carbons (Fsp3) is 0.857. The van der Waals surface area contributed by atoms with E-state index >= 15 is 0 Å². The molecule has 0 atom stereocenters. The molecule has 1 rings (SSSR count). The summed E-state index contributed by atoms with van der Waals surface area (Å²) in [6, 6.07) is 0. The predicted octanol–water partition coefficient (Wildman–Crippen LogP) is 1.76. The minimum atomic E-state index is -0.720. The van der Waals surface area contributed by atoms with Crippen LogP contribution in [0.3, 0.4) is 0 Å². The molecule has 6 heteroatoms. The van der Waals surface area contributed by atoms with E-state index in [0.29, 0.717) is 19.4 Å². The van der Waals surface area contributed by atoms with Crippen molar-refractivity contribution in [3.8, 4) is 0 Å². The van der Waals surface area contributed by atoms with Crippen LogP contribution in [0.2, 0.25) is 0 Å². The number of carbonyl (C=O) groups is 1. The highest BCUT2D eigenvalue weighted by atomic mass is 16.5. The third kappa shape index (κ3) is 5.00. The highest BCUT2D eigenvalue weighted by Crippen LogP contribution is 2.26. The van der Waals surface area contributed by atoms with E-state index in [9.17, 15) is 4.79 Å². The van der Waals surface area contributed by atoms with Gasteiger partial charge in [-0.05, 0) is 19.3 Å². The van der Waals surface area contributed by atoms with Gasteiger partial charge < -0.3 is 21.0 Å². The minimum absolute atomic E-state index is 0.0221. The van der Waals surface area contributed by atoms with E-state index in [0.717, 1.165) is 32.1 Å². The predicted molar refractivity (Wildman–Crippen MR) is 77.7 cm³/mol. The zero-order valence-corrected chi connectivity index (χ0v) is 12.4. The Hall–Kier alpha value is -1.30. The van der Waals surface area contributed by atoms with E-state index in [1.165, 1.54) is 6.42 Å². The number of amides is 1. The maximum absolute atomic E-state index is 12.0. The van der Waals surface area contributed by atoms with Gasteiger partial charge in [0, 0.05) is 6.61 Å². The molecule has 0 unspecified atom stereocenters. The Labute approximate surface area is 120 Å². The molecule has 0 aromatic carbocycles. The van der Waals surface area contributed by atoms with Crippen molar-refractivity contribution in [3.05, 3.63) is 0 Å².